The number of rotatable bonds is 6. The van der Waals surface area contributed by atoms with Crippen LogP contribution in [0.25, 0.3) is 11.3 Å². The number of carbonyl (C=O) groups excluding carboxylic acids is 1. The molecule has 0 saturated carbocycles. The topological polar surface area (TPSA) is 58.4 Å². The lowest BCUT2D eigenvalue weighted by Crippen LogP contribution is -2.27. The molecule has 0 aliphatic carbocycles. The molecule has 0 aliphatic heterocycles. The van der Waals surface area contributed by atoms with Crippen LogP contribution in [0.3, 0.4) is 0 Å². The van der Waals surface area contributed by atoms with Crippen molar-refractivity contribution < 1.29 is 9.32 Å². The molecule has 0 radical (unpaired) electrons. The summed E-state index contributed by atoms with van der Waals surface area (Å²) in [5, 5.41) is 6.67. The molecule has 112 valence electrons. The Morgan fingerprint density at radius 3 is 2.67 bits per heavy atom. The molecule has 1 aromatic heterocycles. The first-order chi connectivity index (χ1) is 10.1. The monoisotopic (exact) mass is 287 g/mol. The second-order valence-corrected chi connectivity index (χ2v) is 5.36. The standard InChI is InChI=1S/C16H21N3O2/c1-12-5-7-13(8-6-12)15-11-14(18-21-15)16(20)17-9-4-10-19(2)3/h5-8,11H,4,9-10H2,1-3H3,(H,17,20). The van der Waals surface area contributed by atoms with Gasteiger partial charge in [0.05, 0.1) is 0 Å². The molecule has 1 aromatic carbocycles. The van der Waals surface area contributed by atoms with Gasteiger partial charge in [0.25, 0.3) is 5.91 Å². The average molecular weight is 287 g/mol. The maximum atomic E-state index is 11.9. The van der Waals surface area contributed by atoms with Crippen molar-refractivity contribution >= 4 is 5.91 Å². The number of carbonyl (C=O) groups is 1. The number of nitrogens with zero attached hydrogens (tertiary/aromatic N) is 2. The lowest BCUT2D eigenvalue weighted by Gasteiger charge is -2.08. The molecule has 0 atom stereocenters. The van der Waals surface area contributed by atoms with Crippen LogP contribution in [0.4, 0.5) is 0 Å². The summed E-state index contributed by atoms with van der Waals surface area (Å²) in [4.78, 5) is 14.0. The fourth-order valence-corrected chi connectivity index (χ4v) is 1.92. The van der Waals surface area contributed by atoms with Gasteiger partial charge in [-0.2, -0.15) is 0 Å². The molecule has 1 heterocycles. The third-order valence-corrected chi connectivity index (χ3v) is 3.15. The Morgan fingerprint density at radius 1 is 1.29 bits per heavy atom. The maximum Gasteiger partial charge on any atom is 0.273 e. The zero-order chi connectivity index (χ0) is 15.2. The smallest absolute Gasteiger partial charge is 0.273 e. The zero-order valence-corrected chi connectivity index (χ0v) is 12.7. The molecule has 2 rings (SSSR count). The van der Waals surface area contributed by atoms with E-state index in [4.69, 9.17) is 4.52 Å². The highest BCUT2D eigenvalue weighted by Gasteiger charge is 2.13. The van der Waals surface area contributed by atoms with Gasteiger partial charge in [-0.3, -0.25) is 4.79 Å². The fourth-order valence-electron chi connectivity index (χ4n) is 1.92. The number of hydrogen-bond acceptors (Lipinski definition) is 4. The fraction of sp³-hybridized carbons (Fsp3) is 0.375. The van der Waals surface area contributed by atoms with Crippen molar-refractivity contribution in [3.63, 3.8) is 0 Å². The summed E-state index contributed by atoms with van der Waals surface area (Å²) >= 11 is 0. The van der Waals surface area contributed by atoms with Gasteiger partial charge in [-0.05, 0) is 34.0 Å². The van der Waals surface area contributed by atoms with Gasteiger partial charge < -0.3 is 14.7 Å². The lowest BCUT2D eigenvalue weighted by atomic mass is 10.1. The summed E-state index contributed by atoms with van der Waals surface area (Å²) in [6.07, 6.45) is 0.904. The molecule has 5 nitrogen and oxygen atoms in total. The number of nitrogens with one attached hydrogen (secondary N) is 1. The van der Waals surface area contributed by atoms with E-state index in [0.29, 0.717) is 18.0 Å². The van der Waals surface area contributed by atoms with E-state index in [1.807, 2.05) is 45.3 Å². The minimum Gasteiger partial charge on any atom is -0.355 e. The van der Waals surface area contributed by atoms with Crippen molar-refractivity contribution in [3.8, 4) is 11.3 Å². The molecule has 2 aromatic rings. The molecule has 0 unspecified atom stereocenters. The summed E-state index contributed by atoms with van der Waals surface area (Å²) in [5.41, 5.74) is 2.41. The van der Waals surface area contributed by atoms with E-state index in [2.05, 4.69) is 15.4 Å². The summed E-state index contributed by atoms with van der Waals surface area (Å²) in [5.74, 6) is 0.407. The van der Waals surface area contributed by atoms with Crippen molar-refractivity contribution in [2.75, 3.05) is 27.2 Å². The van der Waals surface area contributed by atoms with E-state index in [1.165, 1.54) is 5.56 Å². The number of aryl methyl sites for hydroxylation is 1. The highest BCUT2D eigenvalue weighted by Crippen LogP contribution is 2.20. The quantitative estimate of drug-likeness (QED) is 0.828. The van der Waals surface area contributed by atoms with Crippen LogP contribution >= 0.6 is 0 Å². The van der Waals surface area contributed by atoms with Crippen LogP contribution in [0, 0.1) is 6.92 Å². The summed E-state index contributed by atoms with van der Waals surface area (Å²) in [6, 6.07) is 9.58. The van der Waals surface area contributed by atoms with Crippen molar-refractivity contribution in [1.82, 2.24) is 15.4 Å². The Balaban J connectivity index is 1.93. The van der Waals surface area contributed by atoms with Gasteiger partial charge in [-0.1, -0.05) is 35.0 Å². The molecule has 21 heavy (non-hydrogen) atoms. The van der Waals surface area contributed by atoms with Crippen LogP contribution in [-0.4, -0.2) is 43.1 Å². The molecule has 0 spiro atoms. The van der Waals surface area contributed by atoms with Crippen LogP contribution in [0.1, 0.15) is 22.5 Å². The minimum absolute atomic E-state index is 0.198. The van der Waals surface area contributed by atoms with Crippen LogP contribution in [-0.2, 0) is 0 Å². The molecular formula is C16H21N3O2. The Kier molecular flexibility index (Phi) is 5.11. The van der Waals surface area contributed by atoms with Crippen molar-refractivity contribution in [3.05, 3.63) is 41.6 Å². The highest BCUT2D eigenvalue weighted by molar-refractivity contribution is 5.93. The first-order valence-corrected chi connectivity index (χ1v) is 7.03. The molecule has 0 saturated heterocycles. The van der Waals surface area contributed by atoms with Crippen molar-refractivity contribution in [2.24, 2.45) is 0 Å². The van der Waals surface area contributed by atoms with E-state index in [-0.39, 0.29) is 5.91 Å². The van der Waals surface area contributed by atoms with E-state index in [1.54, 1.807) is 6.07 Å². The average Bonchev–Trinajstić information content (AvgIpc) is 2.94. The molecule has 1 N–H and O–H groups in total. The number of benzene rings is 1. The number of amides is 1. The molecular weight excluding hydrogens is 266 g/mol. The predicted octanol–water partition coefficient (Wildman–Crippen LogP) is 2.33. The van der Waals surface area contributed by atoms with Gasteiger partial charge in [-0.15, -0.1) is 0 Å². The summed E-state index contributed by atoms with van der Waals surface area (Å²) < 4.78 is 5.24. The van der Waals surface area contributed by atoms with Crippen LogP contribution in [0.5, 0.6) is 0 Å². The Bertz CT molecular complexity index is 588. The molecule has 0 bridgehead atoms. The minimum atomic E-state index is -0.198. The lowest BCUT2D eigenvalue weighted by molar-refractivity contribution is 0.0943. The third kappa shape index (κ3) is 4.43. The van der Waals surface area contributed by atoms with Crippen LogP contribution < -0.4 is 5.32 Å². The van der Waals surface area contributed by atoms with Crippen LogP contribution in [0.2, 0.25) is 0 Å². The first kappa shape index (κ1) is 15.3. The molecule has 0 fully saturated rings. The zero-order valence-electron chi connectivity index (χ0n) is 12.7. The van der Waals surface area contributed by atoms with Gasteiger partial charge in [0.15, 0.2) is 11.5 Å². The summed E-state index contributed by atoms with van der Waals surface area (Å²) in [6.45, 7) is 3.59. The van der Waals surface area contributed by atoms with Crippen LogP contribution in [0.15, 0.2) is 34.9 Å². The largest absolute Gasteiger partial charge is 0.355 e. The van der Waals surface area contributed by atoms with E-state index in [0.717, 1.165) is 18.5 Å². The van der Waals surface area contributed by atoms with E-state index >= 15 is 0 Å². The molecule has 1 amide bonds. The highest BCUT2D eigenvalue weighted by atomic mass is 16.5. The molecule has 5 heteroatoms. The SMILES string of the molecule is Cc1ccc(-c2cc(C(=O)NCCCN(C)C)no2)cc1. The van der Waals surface area contributed by atoms with Crippen molar-refractivity contribution in [1.29, 1.82) is 0 Å². The Morgan fingerprint density at radius 2 is 2.00 bits per heavy atom. The van der Waals surface area contributed by atoms with Gasteiger partial charge in [0, 0.05) is 18.2 Å². The van der Waals surface area contributed by atoms with Crippen molar-refractivity contribution in [2.45, 2.75) is 13.3 Å². The van der Waals surface area contributed by atoms with Gasteiger partial charge in [-0.25, -0.2) is 0 Å². The van der Waals surface area contributed by atoms with E-state index in [9.17, 15) is 4.79 Å². The second-order valence-electron chi connectivity index (χ2n) is 5.36. The third-order valence-electron chi connectivity index (χ3n) is 3.15. The van der Waals surface area contributed by atoms with E-state index < -0.39 is 0 Å². The number of hydrogen-bond donors (Lipinski definition) is 1. The number of aromatic nitrogens is 1. The van der Waals surface area contributed by atoms with Gasteiger partial charge >= 0.3 is 0 Å². The van der Waals surface area contributed by atoms with Gasteiger partial charge in [0.1, 0.15) is 0 Å². The summed E-state index contributed by atoms with van der Waals surface area (Å²) in [7, 11) is 4.01. The normalized spacial score (nSPS) is 10.9. The Labute approximate surface area is 124 Å². The maximum absolute atomic E-state index is 11.9. The second kappa shape index (κ2) is 7.04. The first-order valence-electron chi connectivity index (χ1n) is 7.03. The van der Waals surface area contributed by atoms with Gasteiger partial charge in [0.2, 0.25) is 0 Å². The Hall–Kier alpha value is -2.14. The molecule has 0 aliphatic rings. The predicted molar refractivity (Wildman–Crippen MR) is 82.2 cm³/mol.